The Hall–Kier alpha value is -2.34. The highest BCUT2D eigenvalue weighted by Crippen LogP contribution is 2.29. The molecule has 0 bridgehead atoms. The number of fused-ring (bicyclic) bond motifs is 1. The smallest absolute Gasteiger partial charge is 0.267 e. The van der Waals surface area contributed by atoms with Gasteiger partial charge < -0.3 is 21.7 Å². The lowest BCUT2D eigenvalue weighted by Gasteiger charge is -2.15. The fraction of sp³-hybridized carbons (Fsp3) is 0.133. The first-order valence-corrected chi connectivity index (χ1v) is 7.46. The molecule has 1 aliphatic rings. The summed E-state index contributed by atoms with van der Waals surface area (Å²) in [4.78, 5) is 11.4. The van der Waals surface area contributed by atoms with E-state index in [0.717, 1.165) is 10.7 Å². The highest BCUT2D eigenvalue weighted by atomic mass is 32.2. The largest absolute Gasteiger partial charge is 0.381 e. The van der Waals surface area contributed by atoms with Crippen LogP contribution in [0.25, 0.3) is 10.8 Å². The summed E-state index contributed by atoms with van der Waals surface area (Å²) in [5, 5.41) is 12.5. The Balaban J connectivity index is 1.77. The Labute approximate surface area is 127 Å². The highest BCUT2D eigenvalue weighted by Gasteiger charge is 2.26. The van der Waals surface area contributed by atoms with Gasteiger partial charge in [0.05, 0.1) is 0 Å². The molecule has 0 fully saturated rings. The summed E-state index contributed by atoms with van der Waals surface area (Å²) >= 11 is 1.49. The maximum atomic E-state index is 11.4. The molecule has 1 heterocycles. The molecule has 1 aliphatic heterocycles. The first-order valence-electron chi connectivity index (χ1n) is 6.58. The molecule has 108 valence electrons. The Morgan fingerprint density at radius 1 is 1.24 bits per heavy atom. The molecule has 0 aliphatic carbocycles. The maximum Gasteiger partial charge on any atom is 0.267 e. The molecule has 6 heteroatoms. The molecule has 0 saturated heterocycles. The van der Waals surface area contributed by atoms with Crippen LogP contribution in [0.2, 0.25) is 0 Å². The number of nitrogens with one attached hydrogen (secondary N) is 3. The lowest BCUT2D eigenvalue weighted by Crippen LogP contribution is -2.33. The Kier molecular flexibility index (Phi) is 3.62. The molecule has 1 amide bonds. The van der Waals surface area contributed by atoms with Gasteiger partial charge in [-0.3, -0.25) is 4.79 Å². The molecule has 2 aromatic carbocycles. The minimum absolute atomic E-state index is 0.129. The minimum atomic E-state index is -0.463. The van der Waals surface area contributed by atoms with Gasteiger partial charge in [0.1, 0.15) is 10.7 Å². The summed E-state index contributed by atoms with van der Waals surface area (Å²) in [7, 11) is 1.77. The van der Waals surface area contributed by atoms with Crippen LogP contribution < -0.4 is 21.7 Å². The van der Waals surface area contributed by atoms with E-state index in [4.69, 9.17) is 5.73 Å². The predicted molar refractivity (Wildman–Crippen MR) is 87.4 cm³/mol. The average Bonchev–Trinajstić information content (AvgIpc) is 2.90. The van der Waals surface area contributed by atoms with Gasteiger partial charge in [-0.15, -0.1) is 0 Å². The van der Waals surface area contributed by atoms with E-state index in [0.29, 0.717) is 5.70 Å². The normalized spacial score (nSPS) is 17.7. The molecule has 0 aromatic heterocycles. The van der Waals surface area contributed by atoms with Crippen molar-refractivity contribution >= 4 is 34.1 Å². The van der Waals surface area contributed by atoms with Crippen molar-refractivity contribution in [3.63, 3.8) is 0 Å². The van der Waals surface area contributed by atoms with Crippen LogP contribution in [0.1, 0.15) is 0 Å². The van der Waals surface area contributed by atoms with Gasteiger partial charge in [0.25, 0.3) is 5.91 Å². The Bertz CT molecular complexity index is 728. The molecule has 0 saturated carbocycles. The van der Waals surface area contributed by atoms with Crippen molar-refractivity contribution in [2.75, 3.05) is 12.4 Å². The summed E-state index contributed by atoms with van der Waals surface area (Å²) in [6.07, 6.45) is 0. The van der Waals surface area contributed by atoms with Gasteiger partial charge in [-0.2, -0.15) is 0 Å². The first-order chi connectivity index (χ1) is 10.2. The molecule has 2 aromatic rings. The number of carbonyl (C=O) groups excluding carboxylic acids is 1. The van der Waals surface area contributed by atoms with E-state index >= 15 is 0 Å². The number of thioether (sulfide) groups is 1. The number of rotatable bonds is 4. The zero-order valence-electron chi connectivity index (χ0n) is 11.5. The third-order valence-corrected chi connectivity index (χ3v) is 4.37. The Morgan fingerprint density at radius 2 is 2.00 bits per heavy atom. The molecule has 0 spiro atoms. The SMILES string of the molecule is CNC1=C(C(N)=O)NC(Nc2ccc3ccccc3c2)S1. The summed E-state index contributed by atoms with van der Waals surface area (Å²) in [6.45, 7) is 0. The average molecular weight is 300 g/mol. The van der Waals surface area contributed by atoms with Crippen molar-refractivity contribution in [3.8, 4) is 0 Å². The van der Waals surface area contributed by atoms with Crippen LogP contribution in [0.3, 0.4) is 0 Å². The zero-order chi connectivity index (χ0) is 14.8. The predicted octanol–water partition coefficient (Wildman–Crippen LogP) is 1.75. The van der Waals surface area contributed by atoms with Crippen LogP contribution in [0, 0.1) is 0 Å². The van der Waals surface area contributed by atoms with Crippen molar-refractivity contribution in [2.24, 2.45) is 5.73 Å². The zero-order valence-corrected chi connectivity index (χ0v) is 12.3. The van der Waals surface area contributed by atoms with Crippen LogP contribution in [-0.4, -0.2) is 18.5 Å². The lowest BCUT2D eigenvalue weighted by atomic mass is 10.1. The van der Waals surface area contributed by atoms with Crippen molar-refractivity contribution in [2.45, 2.75) is 5.50 Å². The number of amides is 1. The van der Waals surface area contributed by atoms with Crippen LogP contribution >= 0.6 is 11.8 Å². The molecular formula is C15H16N4OS. The Morgan fingerprint density at radius 3 is 2.67 bits per heavy atom. The summed E-state index contributed by atoms with van der Waals surface area (Å²) in [5.74, 6) is -0.463. The van der Waals surface area contributed by atoms with Gasteiger partial charge in [0.15, 0.2) is 5.50 Å². The number of benzene rings is 2. The molecule has 5 N–H and O–H groups in total. The quantitative estimate of drug-likeness (QED) is 0.692. The van der Waals surface area contributed by atoms with Gasteiger partial charge in [0, 0.05) is 12.7 Å². The van der Waals surface area contributed by atoms with Crippen LogP contribution in [0.15, 0.2) is 53.2 Å². The van der Waals surface area contributed by atoms with Crippen LogP contribution in [-0.2, 0) is 4.79 Å². The number of anilines is 1. The second kappa shape index (κ2) is 5.57. The minimum Gasteiger partial charge on any atom is -0.381 e. The summed E-state index contributed by atoms with van der Waals surface area (Å²) < 4.78 is 0. The molecule has 1 unspecified atom stereocenters. The van der Waals surface area contributed by atoms with E-state index < -0.39 is 5.91 Å². The van der Waals surface area contributed by atoms with E-state index in [1.807, 2.05) is 18.2 Å². The van der Waals surface area contributed by atoms with Crippen molar-refractivity contribution in [3.05, 3.63) is 53.2 Å². The number of carbonyl (C=O) groups is 1. The standard InChI is InChI=1S/C15H16N4OS/c1-17-14-12(13(16)20)19-15(21-14)18-11-7-6-9-4-2-3-5-10(9)8-11/h2-8,15,17-19H,1H3,(H2,16,20). The third kappa shape index (κ3) is 2.75. The van der Waals surface area contributed by atoms with E-state index in [9.17, 15) is 4.79 Å². The van der Waals surface area contributed by atoms with Gasteiger partial charge in [0.2, 0.25) is 0 Å². The molecule has 3 rings (SSSR count). The topological polar surface area (TPSA) is 79.2 Å². The first kappa shape index (κ1) is 13.6. The van der Waals surface area contributed by atoms with Gasteiger partial charge in [-0.05, 0) is 22.9 Å². The fourth-order valence-corrected chi connectivity index (χ4v) is 3.27. The molecule has 21 heavy (non-hydrogen) atoms. The monoisotopic (exact) mass is 300 g/mol. The van der Waals surface area contributed by atoms with E-state index in [1.54, 1.807) is 7.05 Å². The van der Waals surface area contributed by atoms with Crippen LogP contribution in [0.5, 0.6) is 0 Å². The fourth-order valence-electron chi connectivity index (χ4n) is 2.27. The lowest BCUT2D eigenvalue weighted by molar-refractivity contribution is -0.114. The van der Waals surface area contributed by atoms with Crippen molar-refractivity contribution in [1.82, 2.24) is 10.6 Å². The van der Waals surface area contributed by atoms with E-state index in [1.165, 1.54) is 22.5 Å². The van der Waals surface area contributed by atoms with Gasteiger partial charge in [-0.25, -0.2) is 0 Å². The maximum absolute atomic E-state index is 11.4. The van der Waals surface area contributed by atoms with Gasteiger partial charge >= 0.3 is 0 Å². The highest BCUT2D eigenvalue weighted by molar-refractivity contribution is 8.04. The summed E-state index contributed by atoms with van der Waals surface area (Å²) in [6, 6.07) is 14.4. The molecular weight excluding hydrogens is 284 g/mol. The number of hydrogen-bond donors (Lipinski definition) is 4. The third-order valence-electron chi connectivity index (χ3n) is 3.26. The number of hydrogen-bond acceptors (Lipinski definition) is 5. The molecule has 0 radical (unpaired) electrons. The summed E-state index contributed by atoms with van der Waals surface area (Å²) in [5.41, 5.74) is 6.63. The number of primary amides is 1. The second-order valence-electron chi connectivity index (χ2n) is 4.67. The van der Waals surface area contributed by atoms with E-state index in [2.05, 4.69) is 40.2 Å². The van der Waals surface area contributed by atoms with Crippen molar-refractivity contribution < 1.29 is 4.79 Å². The van der Waals surface area contributed by atoms with Crippen molar-refractivity contribution in [1.29, 1.82) is 0 Å². The van der Waals surface area contributed by atoms with Crippen LogP contribution in [0.4, 0.5) is 5.69 Å². The van der Waals surface area contributed by atoms with Gasteiger partial charge in [-0.1, -0.05) is 42.1 Å². The molecule has 5 nitrogen and oxygen atoms in total. The van der Waals surface area contributed by atoms with E-state index in [-0.39, 0.29) is 5.50 Å². The molecule has 1 atom stereocenters. The number of nitrogens with two attached hydrogens (primary N) is 1. The second-order valence-corrected chi connectivity index (χ2v) is 5.78.